The SMILES string of the molecule is Cc1cccc(Cn2cccc(C(=O)NCc3cn4cc(Br)ccc4n3)c2=O)c1. The number of pyridine rings is 2. The first-order valence-corrected chi connectivity index (χ1v) is 9.95. The van der Waals surface area contributed by atoms with Crippen LogP contribution in [0, 0.1) is 6.92 Å². The second-order valence-corrected chi connectivity index (χ2v) is 7.79. The monoisotopic (exact) mass is 450 g/mol. The van der Waals surface area contributed by atoms with Crippen molar-refractivity contribution in [2.24, 2.45) is 0 Å². The molecule has 0 saturated carbocycles. The standard InChI is InChI=1S/C22H19BrN4O2/c1-15-4-2-5-16(10-15)12-26-9-3-6-19(22(26)29)21(28)24-11-18-14-27-13-17(23)7-8-20(27)25-18/h2-10,13-14H,11-12H2,1H3,(H,24,28). The number of carbonyl (C=O) groups is 1. The summed E-state index contributed by atoms with van der Waals surface area (Å²) in [6.45, 7) is 2.67. The van der Waals surface area contributed by atoms with Crippen LogP contribution in [0.25, 0.3) is 5.65 Å². The number of carbonyl (C=O) groups excluding carboxylic acids is 1. The Labute approximate surface area is 176 Å². The first kappa shape index (κ1) is 19.1. The van der Waals surface area contributed by atoms with Crippen LogP contribution in [-0.2, 0) is 13.1 Å². The van der Waals surface area contributed by atoms with Crippen molar-refractivity contribution >= 4 is 27.5 Å². The first-order valence-electron chi connectivity index (χ1n) is 9.16. The van der Waals surface area contributed by atoms with Crippen LogP contribution in [0.4, 0.5) is 0 Å². The van der Waals surface area contributed by atoms with Crippen LogP contribution in [0.3, 0.4) is 0 Å². The number of nitrogens with one attached hydrogen (secondary N) is 1. The Morgan fingerprint density at radius 2 is 2.00 bits per heavy atom. The molecule has 3 heterocycles. The quantitative estimate of drug-likeness (QED) is 0.505. The highest BCUT2D eigenvalue weighted by atomic mass is 79.9. The summed E-state index contributed by atoms with van der Waals surface area (Å²) in [5.74, 6) is -0.410. The number of fused-ring (bicyclic) bond motifs is 1. The molecule has 146 valence electrons. The maximum Gasteiger partial charge on any atom is 0.263 e. The molecule has 6 nitrogen and oxygen atoms in total. The van der Waals surface area contributed by atoms with Crippen LogP contribution in [-0.4, -0.2) is 19.9 Å². The summed E-state index contributed by atoms with van der Waals surface area (Å²) in [6, 6.07) is 15.0. The number of rotatable bonds is 5. The number of benzene rings is 1. The molecule has 0 atom stereocenters. The van der Waals surface area contributed by atoms with Crippen LogP contribution in [0.15, 0.2) is 76.4 Å². The molecule has 4 aromatic rings. The number of aromatic nitrogens is 3. The van der Waals surface area contributed by atoms with E-state index in [1.807, 2.05) is 60.1 Å². The first-order chi connectivity index (χ1) is 14.0. The van der Waals surface area contributed by atoms with Gasteiger partial charge < -0.3 is 14.3 Å². The Balaban J connectivity index is 1.50. The fraction of sp³-hybridized carbons (Fsp3) is 0.136. The molecule has 1 amide bonds. The second kappa shape index (κ2) is 8.05. The van der Waals surface area contributed by atoms with Crippen LogP contribution < -0.4 is 10.9 Å². The number of aryl methyl sites for hydroxylation is 1. The van der Waals surface area contributed by atoms with E-state index in [0.29, 0.717) is 12.2 Å². The van der Waals surface area contributed by atoms with Gasteiger partial charge in [-0.1, -0.05) is 29.8 Å². The zero-order chi connectivity index (χ0) is 20.4. The van der Waals surface area contributed by atoms with E-state index in [0.717, 1.165) is 21.2 Å². The molecule has 29 heavy (non-hydrogen) atoms. The molecule has 0 spiro atoms. The summed E-state index contributed by atoms with van der Waals surface area (Å²) < 4.78 is 4.37. The van der Waals surface area contributed by atoms with Crippen molar-refractivity contribution in [3.63, 3.8) is 0 Å². The number of nitrogens with zero attached hydrogens (tertiary/aromatic N) is 3. The Kier molecular flexibility index (Phi) is 5.31. The van der Waals surface area contributed by atoms with Crippen molar-refractivity contribution in [1.29, 1.82) is 0 Å². The lowest BCUT2D eigenvalue weighted by molar-refractivity contribution is 0.0948. The molecule has 0 aliphatic carbocycles. The predicted octanol–water partition coefficient (Wildman–Crippen LogP) is 3.55. The number of hydrogen-bond acceptors (Lipinski definition) is 3. The molecule has 1 aromatic carbocycles. The van der Waals surface area contributed by atoms with Crippen LogP contribution >= 0.6 is 15.9 Å². The molecule has 1 N–H and O–H groups in total. The lowest BCUT2D eigenvalue weighted by Crippen LogP contribution is -2.32. The maximum absolute atomic E-state index is 12.8. The molecular formula is C22H19BrN4O2. The Bertz CT molecular complexity index is 1260. The average molecular weight is 451 g/mol. The van der Waals surface area contributed by atoms with Gasteiger partial charge in [0.2, 0.25) is 0 Å². The average Bonchev–Trinajstić information content (AvgIpc) is 3.10. The molecule has 0 aliphatic heterocycles. The minimum absolute atomic E-state index is 0.117. The summed E-state index contributed by atoms with van der Waals surface area (Å²) in [4.78, 5) is 29.8. The Hall–Kier alpha value is -3.19. The maximum atomic E-state index is 12.8. The third-order valence-corrected chi connectivity index (χ3v) is 5.06. The highest BCUT2D eigenvalue weighted by Crippen LogP contribution is 2.12. The van der Waals surface area contributed by atoms with Gasteiger partial charge in [0.1, 0.15) is 11.2 Å². The van der Waals surface area contributed by atoms with Gasteiger partial charge in [0, 0.05) is 23.1 Å². The molecule has 0 bridgehead atoms. The zero-order valence-corrected chi connectivity index (χ0v) is 17.4. The number of halogens is 1. The van der Waals surface area contributed by atoms with Gasteiger partial charge in [-0.15, -0.1) is 0 Å². The van der Waals surface area contributed by atoms with Gasteiger partial charge in [-0.05, 0) is 52.7 Å². The van der Waals surface area contributed by atoms with E-state index < -0.39 is 5.91 Å². The highest BCUT2D eigenvalue weighted by Gasteiger charge is 2.13. The molecule has 0 unspecified atom stereocenters. The van der Waals surface area contributed by atoms with Crippen molar-refractivity contribution in [2.45, 2.75) is 20.0 Å². The third kappa shape index (κ3) is 4.30. The van der Waals surface area contributed by atoms with Crippen molar-refractivity contribution < 1.29 is 4.79 Å². The predicted molar refractivity (Wildman–Crippen MR) is 115 cm³/mol. The fourth-order valence-electron chi connectivity index (χ4n) is 3.21. The Morgan fingerprint density at radius 3 is 2.83 bits per heavy atom. The van der Waals surface area contributed by atoms with Gasteiger partial charge in [-0.25, -0.2) is 4.98 Å². The summed E-state index contributed by atoms with van der Waals surface area (Å²) >= 11 is 3.42. The van der Waals surface area contributed by atoms with Gasteiger partial charge in [-0.2, -0.15) is 0 Å². The van der Waals surface area contributed by atoms with Gasteiger partial charge >= 0.3 is 0 Å². The Morgan fingerprint density at radius 1 is 1.14 bits per heavy atom. The van der Waals surface area contributed by atoms with Crippen molar-refractivity contribution in [3.05, 3.63) is 104 Å². The molecular weight excluding hydrogens is 432 g/mol. The minimum atomic E-state index is -0.410. The lowest BCUT2D eigenvalue weighted by Gasteiger charge is -2.09. The molecule has 4 rings (SSSR count). The van der Waals surface area contributed by atoms with Crippen molar-refractivity contribution in [2.75, 3.05) is 0 Å². The largest absolute Gasteiger partial charge is 0.346 e. The van der Waals surface area contributed by atoms with E-state index >= 15 is 0 Å². The smallest absolute Gasteiger partial charge is 0.263 e. The zero-order valence-electron chi connectivity index (χ0n) is 15.8. The van der Waals surface area contributed by atoms with E-state index in [9.17, 15) is 9.59 Å². The van der Waals surface area contributed by atoms with Gasteiger partial charge in [0.25, 0.3) is 11.5 Å². The number of amides is 1. The van der Waals surface area contributed by atoms with Crippen molar-refractivity contribution in [3.8, 4) is 0 Å². The van der Waals surface area contributed by atoms with Crippen LogP contribution in [0.1, 0.15) is 27.2 Å². The normalized spacial score (nSPS) is 11.0. The highest BCUT2D eigenvalue weighted by molar-refractivity contribution is 9.10. The van der Waals surface area contributed by atoms with Gasteiger partial charge in [0.05, 0.1) is 18.8 Å². The number of hydrogen-bond donors (Lipinski definition) is 1. The van der Waals surface area contributed by atoms with E-state index in [1.165, 1.54) is 0 Å². The molecule has 0 radical (unpaired) electrons. The van der Waals surface area contributed by atoms with Crippen LogP contribution in [0.5, 0.6) is 0 Å². The lowest BCUT2D eigenvalue weighted by atomic mass is 10.1. The minimum Gasteiger partial charge on any atom is -0.346 e. The van der Waals surface area contributed by atoms with E-state index in [2.05, 4.69) is 26.2 Å². The molecule has 0 fully saturated rings. The fourth-order valence-corrected chi connectivity index (χ4v) is 3.56. The molecule has 0 aliphatic rings. The van der Waals surface area contributed by atoms with Crippen LogP contribution in [0.2, 0.25) is 0 Å². The molecule has 0 saturated heterocycles. The topological polar surface area (TPSA) is 68.4 Å². The third-order valence-electron chi connectivity index (χ3n) is 4.60. The summed E-state index contributed by atoms with van der Waals surface area (Å²) in [5.41, 5.74) is 3.45. The van der Waals surface area contributed by atoms with Gasteiger partial charge in [-0.3, -0.25) is 9.59 Å². The summed E-state index contributed by atoms with van der Waals surface area (Å²) in [6.07, 6.45) is 5.44. The number of imidazole rings is 1. The summed E-state index contributed by atoms with van der Waals surface area (Å²) in [5, 5.41) is 2.79. The van der Waals surface area contributed by atoms with E-state index in [-0.39, 0.29) is 17.7 Å². The van der Waals surface area contributed by atoms with Gasteiger partial charge in [0.15, 0.2) is 0 Å². The van der Waals surface area contributed by atoms with E-state index in [1.54, 1.807) is 22.9 Å². The second-order valence-electron chi connectivity index (χ2n) is 6.87. The summed E-state index contributed by atoms with van der Waals surface area (Å²) in [7, 11) is 0. The molecule has 3 aromatic heterocycles. The van der Waals surface area contributed by atoms with Crippen molar-refractivity contribution in [1.82, 2.24) is 19.3 Å². The molecule has 7 heteroatoms. The van der Waals surface area contributed by atoms with E-state index in [4.69, 9.17) is 0 Å².